The number of carbonyl (C=O) groups excluding carboxylic acids is 2. The van der Waals surface area contributed by atoms with E-state index in [1.165, 1.54) is 12.3 Å². The number of hydrogen-bond donors (Lipinski definition) is 2. The standard InChI is InChI=1S/C13H18N4O4/c14-13(19)8-16(9-3-1-2-4-9)7-12(18)11-5-10(6-15-11)17(20)21/h5-6,9,15H,1-4,7-8H2,(H2,14,19). The molecular formula is C13H18N4O4. The molecule has 1 aromatic rings. The molecule has 1 fully saturated rings. The maximum Gasteiger partial charge on any atom is 0.287 e. The van der Waals surface area contributed by atoms with Crippen molar-refractivity contribution in [3.8, 4) is 0 Å². The first-order valence-electron chi connectivity index (χ1n) is 6.85. The van der Waals surface area contributed by atoms with Gasteiger partial charge in [-0.05, 0) is 12.8 Å². The lowest BCUT2D eigenvalue weighted by Gasteiger charge is -2.26. The van der Waals surface area contributed by atoms with Crippen molar-refractivity contribution >= 4 is 17.4 Å². The number of primary amides is 1. The van der Waals surface area contributed by atoms with Crippen LogP contribution in [-0.4, -0.2) is 45.6 Å². The Kier molecular flexibility index (Phi) is 4.69. The summed E-state index contributed by atoms with van der Waals surface area (Å²) < 4.78 is 0. The number of amides is 1. The highest BCUT2D eigenvalue weighted by molar-refractivity contribution is 5.96. The molecule has 21 heavy (non-hydrogen) atoms. The second kappa shape index (κ2) is 6.49. The van der Waals surface area contributed by atoms with E-state index >= 15 is 0 Å². The lowest BCUT2D eigenvalue weighted by atomic mass is 10.1. The minimum atomic E-state index is -0.564. The summed E-state index contributed by atoms with van der Waals surface area (Å²) in [6.45, 7) is 0.0600. The zero-order valence-corrected chi connectivity index (χ0v) is 11.6. The number of nitrogens with two attached hydrogens (primary N) is 1. The Balaban J connectivity index is 2.05. The fourth-order valence-corrected chi connectivity index (χ4v) is 2.70. The minimum Gasteiger partial charge on any atom is -0.369 e. The van der Waals surface area contributed by atoms with Crippen LogP contribution in [-0.2, 0) is 4.79 Å². The van der Waals surface area contributed by atoms with Crippen molar-refractivity contribution in [2.75, 3.05) is 13.1 Å². The molecule has 1 amide bonds. The summed E-state index contributed by atoms with van der Waals surface area (Å²) in [5.41, 5.74) is 5.25. The molecular weight excluding hydrogens is 276 g/mol. The summed E-state index contributed by atoms with van der Waals surface area (Å²) in [4.78, 5) is 37.8. The third-order valence-corrected chi connectivity index (χ3v) is 3.73. The van der Waals surface area contributed by atoms with Gasteiger partial charge < -0.3 is 10.7 Å². The number of nitrogens with zero attached hydrogens (tertiary/aromatic N) is 2. The lowest BCUT2D eigenvalue weighted by molar-refractivity contribution is -0.384. The number of Topliss-reactive ketones (excluding diaryl/α,β-unsaturated/α-hetero) is 1. The number of aromatic amines is 1. The number of ketones is 1. The van der Waals surface area contributed by atoms with E-state index in [-0.39, 0.29) is 36.3 Å². The lowest BCUT2D eigenvalue weighted by Crippen LogP contribution is -2.43. The Labute approximate surface area is 121 Å². The van der Waals surface area contributed by atoms with Gasteiger partial charge in [0.25, 0.3) is 5.69 Å². The molecule has 0 atom stereocenters. The van der Waals surface area contributed by atoms with Crippen molar-refractivity contribution in [2.45, 2.75) is 31.7 Å². The van der Waals surface area contributed by atoms with Crippen molar-refractivity contribution in [1.29, 1.82) is 0 Å². The smallest absolute Gasteiger partial charge is 0.287 e. The van der Waals surface area contributed by atoms with Gasteiger partial charge in [0.1, 0.15) is 0 Å². The van der Waals surface area contributed by atoms with Crippen LogP contribution in [0.3, 0.4) is 0 Å². The highest BCUT2D eigenvalue weighted by Crippen LogP contribution is 2.23. The summed E-state index contributed by atoms with van der Waals surface area (Å²) in [7, 11) is 0. The van der Waals surface area contributed by atoms with Crippen molar-refractivity contribution in [1.82, 2.24) is 9.88 Å². The Bertz CT molecular complexity index is 548. The van der Waals surface area contributed by atoms with Crippen molar-refractivity contribution in [2.24, 2.45) is 5.73 Å². The molecule has 114 valence electrons. The Morgan fingerprint density at radius 1 is 1.38 bits per heavy atom. The maximum atomic E-state index is 12.2. The van der Waals surface area contributed by atoms with E-state index in [0.717, 1.165) is 25.7 Å². The molecule has 8 heteroatoms. The molecule has 1 aromatic heterocycles. The van der Waals surface area contributed by atoms with Crippen LogP contribution in [0, 0.1) is 10.1 Å². The topological polar surface area (TPSA) is 122 Å². The van der Waals surface area contributed by atoms with Gasteiger partial charge in [0.2, 0.25) is 5.91 Å². The SMILES string of the molecule is NC(=O)CN(CC(=O)c1cc([N+](=O)[O-])c[nH]1)C1CCCC1. The van der Waals surface area contributed by atoms with E-state index in [0.29, 0.717) is 0 Å². The third kappa shape index (κ3) is 3.88. The molecule has 0 bridgehead atoms. The first-order chi connectivity index (χ1) is 9.97. The zero-order valence-electron chi connectivity index (χ0n) is 11.6. The average molecular weight is 294 g/mol. The summed E-state index contributed by atoms with van der Waals surface area (Å²) in [6.07, 6.45) is 5.20. The van der Waals surface area contributed by atoms with E-state index in [4.69, 9.17) is 5.73 Å². The zero-order chi connectivity index (χ0) is 15.4. The molecule has 1 aliphatic rings. The average Bonchev–Trinajstić information content (AvgIpc) is 3.09. The number of rotatable bonds is 7. The normalized spacial score (nSPS) is 15.5. The Morgan fingerprint density at radius 2 is 2.05 bits per heavy atom. The van der Waals surface area contributed by atoms with E-state index in [1.807, 2.05) is 0 Å². The monoisotopic (exact) mass is 294 g/mol. The molecule has 3 N–H and O–H groups in total. The van der Waals surface area contributed by atoms with E-state index in [1.54, 1.807) is 4.90 Å². The highest BCUT2D eigenvalue weighted by Gasteiger charge is 2.26. The maximum absolute atomic E-state index is 12.2. The molecule has 1 heterocycles. The fraction of sp³-hybridized carbons (Fsp3) is 0.538. The first-order valence-corrected chi connectivity index (χ1v) is 6.85. The number of hydrogen-bond acceptors (Lipinski definition) is 5. The molecule has 0 aliphatic heterocycles. The second-order valence-electron chi connectivity index (χ2n) is 5.26. The van der Waals surface area contributed by atoms with Gasteiger partial charge in [-0.3, -0.25) is 24.6 Å². The van der Waals surface area contributed by atoms with Gasteiger partial charge in [-0.1, -0.05) is 12.8 Å². The number of aromatic nitrogens is 1. The summed E-state index contributed by atoms with van der Waals surface area (Å²) >= 11 is 0. The molecule has 0 unspecified atom stereocenters. The van der Waals surface area contributed by atoms with Crippen LogP contribution >= 0.6 is 0 Å². The minimum absolute atomic E-state index is 0.0270. The van der Waals surface area contributed by atoms with E-state index in [9.17, 15) is 19.7 Å². The van der Waals surface area contributed by atoms with Gasteiger partial charge in [-0.15, -0.1) is 0 Å². The van der Waals surface area contributed by atoms with Gasteiger partial charge in [-0.2, -0.15) is 0 Å². The van der Waals surface area contributed by atoms with Gasteiger partial charge in [0.15, 0.2) is 5.78 Å². The molecule has 1 aliphatic carbocycles. The Morgan fingerprint density at radius 3 is 2.57 bits per heavy atom. The summed E-state index contributed by atoms with van der Waals surface area (Å²) in [5.74, 6) is -0.761. The van der Waals surface area contributed by atoms with Gasteiger partial charge >= 0.3 is 0 Å². The molecule has 0 aromatic carbocycles. The summed E-state index contributed by atoms with van der Waals surface area (Å²) in [5, 5.41) is 10.6. The molecule has 2 rings (SSSR count). The predicted octanol–water partition coefficient (Wildman–Crippen LogP) is 0.835. The van der Waals surface area contributed by atoms with Crippen LogP contribution in [0.2, 0.25) is 0 Å². The highest BCUT2D eigenvalue weighted by atomic mass is 16.6. The van der Waals surface area contributed by atoms with Gasteiger partial charge in [-0.25, -0.2) is 0 Å². The fourth-order valence-electron chi connectivity index (χ4n) is 2.70. The molecule has 0 saturated heterocycles. The number of nitro groups is 1. The van der Waals surface area contributed by atoms with Crippen molar-refractivity contribution < 1.29 is 14.5 Å². The van der Waals surface area contributed by atoms with Gasteiger partial charge in [0, 0.05) is 12.1 Å². The molecule has 0 spiro atoms. The number of H-pyrrole nitrogens is 1. The van der Waals surface area contributed by atoms with E-state index < -0.39 is 10.8 Å². The third-order valence-electron chi connectivity index (χ3n) is 3.73. The van der Waals surface area contributed by atoms with Gasteiger partial charge in [0.05, 0.1) is 29.9 Å². The van der Waals surface area contributed by atoms with Crippen LogP contribution < -0.4 is 5.73 Å². The number of carbonyl (C=O) groups is 2. The van der Waals surface area contributed by atoms with Crippen molar-refractivity contribution in [3.05, 3.63) is 28.1 Å². The second-order valence-corrected chi connectivity index (χ2v) is 5.26. The molecule has 8 nitrogen and oxygen atoms in total. The van der Waals surface area contributed by atoms with Crippen LogP contribution in [0.1, 0.15) is 36.2 Å². The molecule has 0 radical (unpaired) electrons. The van der Waals surface area contributed by atoms with Crippen LogP contribution in [0.25, 0.3) is 0 Å². The largest absolute Gasteiger partial charge is 0.369 e. The van der Waals surface area contributed by atoms with Crippen LogP contribution in [0.15, 0.2) is 12.3 Å². The molecule has 1 saturated carbocycles. The van der Waals surface area contributed by atoms with E-state index in [2.05, 4.69) is 4.98 Å². The van der Waals surface area contributed by atoms with Crippen LogP contribution in [0.4, 0.5) is 5.69 Å². The summed E-state index contributed by atoms with van der Waals surface area (Å²) in [6, 6.07) is 1.38. The predicted molar refractivity (Wildman–Crippen MR) is 74.8 cm³/mol. The number of nitrogens with one attached hydrogen (secondary N) is 1. The van der Waals surface area contributed by atoms with Crippen LogP contribution in [0.5, 0.6) is 0 Å². The Hall–Kier alpha value is -2.22. The first kappa shape index (κ1) is 15.2. The quantitative estimate of drug-likeness (QED) is 0.438. The van der Waals surface area contributed by atoms with Crippen molar-refractivity contribution in [3.63, 3.8) is 0 Å².